The summed E-state index contributed by atoms with van der Waals surface area (Å²) in [4.78, 5) is 26.3. The Morgan fingerprint density at radius 1 is 0.879 bits per heavy atom. The highest BCUT2D eigenvalue weighted by Gasteiger charge is 2.39. The first kappa shape index (κ1) is 23.0. The molecule has 1 saturated heterocycles. The topological polar surface area (TPSA) is 87.1 Å². The number of rotatable bonds is 8. The van der Waals surface area contributed by atoms with Gasteiger partial charge in [-0.2, -0.15) is 0 Å². The fraction of sp³-hybridized carbons (Fsp3) is 0.167. The molecule has 9 heteroatoms. The molecule has 1 heterocycles. The minimum atomic E-state index is -1.50. The van der Waals surface area contributed by atoms with Crippen molar-refractivity contribution >= 4 is 35.5 Å². The molecule has 3 aromatic carbocycles. The van der Waals surface area contributed by atoms with Crippen LogP contribution in [0.1, 0.15) is 16.7 Å². The molecule has 0 radical (unpaired) electrons. The van der Waals surface area contributed by atoms with Crippen molar-refractivity contribution < 1.29 is 28.8 Å². The van der Waals surface area contributed by atoms with E-state index in [1.807, 2.05) is 24.3 Å². The largest absolute Gasteiger partial charge is 0.489 e. The van der Waals surface area contributed by atoms with Crippen LogP contribution in [0.5, 0.6) is 5.75 Å². The van der Waals surface area contributed by atoms with E-state index < -0.39 is 12.4 Å². The number of carbonyl (C=O) groups excluding carboxylic acids is 2. The molecule has 168 valence electrons. The highest BCUT2D eigenvalue weighted by molar-refractivity contribution is 8.15. The molecule has 33 heavy (non-hydrogen) atoms. The third-order valence-electron chi connectivity index (χ3n) is 5.29. The number of hydrogen-bond acceptors (Lipinski definition) is 6. The summed E-state index contributed by atoms with van der Waals surface area (Å²) in [5.74, 6) is 0.0486. The van der Waals surface area contributed by atoms with E-state index in [2.05, 4.69) is 0 Å². The molecule has 1 unspecified atom stereocenters. The Morgan fingerprint density at radius 2 is 1.48 bits per heavy atom. The van der Waals surface area contributed by atoms with Crippen LogP contribution in [0.2, 0.25) is 0 Å². The second kappa shape index (κ2) is 10.2. The van der Waals surface area contributed by atoms with Gasteiger partial charge in [0.2, 0.25) is 5.91 Å². The maximum Gasteiger partial charge on any atom is 0.488 e. The van der Waals surface area contributed by atoms with E-state index in [4.69, 9.17) is 14.8 Å². The summed E-state index contributed by atoms with van der Waals surface area (Å²) in [6.07, 6.45) is 0.417. The molecule has 2 amide bonds. The third kappa shape index (κ3) is 5.81. The fourth-order valence-electron chi connectivity index (χ4n) is 3.43. The maximum absolute atomic E-state index is 13.1. The van der Waals surface area contributed by atoms with Crippen LogP contribution < -0.4 is 10.2 Å². The molecule has 6 nitrogen and oxygen atoms in total. The van der Waals surface area contributed by atoms with Crippen LogP contribution in [0.15, 0.2) is 72.8 Å². The number of nitrogens with zero attached hydrogens (tertiary/aromatic N) is 1. The van der Waals surface area contributed by atoms with E-state index in [0.29, 0.717) is 29.8 Å². The van der Waals surface area contributed by atoms with Gasteiger partial charge < -0.3 is 14.8 Å². The molecule has 0 aromatic heterocycles. The van der Waals surface area contributed by atoms with Crippen molar-refractivity contribution in [2.45, 2.75) is 24.8 Å². The number of amides is 2. The highest BCUT2D eigenvalue weighted by Crippen LogP contribution is 2.31. The molecule has 1 aliphatic rings. The third-order valence-corrected chi connectivity index (χ3v) is 6.36. The molecule has 1 aliphatic heterocycles. The summed E-state index contributed by atoms with van der Waals surface area (Å²) in [7, 11) is -1.50. The first-order valence-electron chi connectivity index (χ1n) is 10.3. The molecule has 0 aliphatic carbocycles. The van der Waals surface area contributed by atoms with Gasteiger partial charge in [-0.25, -0.2) is 4.39 Å². The van der Waals surface area contributed by atoms with E-state index in [1.54, 1.807) is 36.4 Å². The van der Waals surface area contributed by atoms with Gasteiger partial charge in [0.1, 0.15) is 18.2 Å². The zero-order chi connectivity index (χ0) is 23.4. The molecule has 0 bridgehead atoms. The highest BCUT2D eigenvalue weighted by atomic mass is 32.2. The summed E-state index contributed by atoms with van der Waals surface area (Å²) in [5.41, 5.74) is 2.90. The average molecular weight is 465 g/mol. The van der Waals surface area contributed by atoms with Crippen molar-refractivity contribution in [2.75, 3.05) is 0 Å². The second-order valence-electron chi connectivity index (χ2n) is 7.68. The normalized spacial score (nSPS) is 15.7. The molecule has 1 atom stereocenters. The van der Waals surface area contributed by atoms with Crippen LogP contribution >= 0.6 is 11.8 Å². The average Bonchev–Trinajstić information content (AvgIpc) is 3.07. The Bertz CT molecular complexity index is 1120. The van der Waals surface area contributed by atoms with Crippen LogP contribution in [0.25, 0.3) is 0 Å². The van der Waals surface area contributed by atoms with Crippen molar-refractivity contribution in [3.8, 4) is 5.75 Å². The van der Waals surface area contributed by atoms with Crippen molar-refractivity contribution in [1.29, 1.82) is 0 Å². The van der Waals surface area contributed by atoms with Crippen molar-refractivity contribution in [3.63, 3.8) is 0 Å². The van der Waals surface area contributed by atoms with Gasteiger partial charge in [-0.15, -0.1) is 0 Å². The zero-order valence-electron chi connectivity index (χ0n) is 17.6. The number of ether oxygens (including phenoxy) is 1. The number of benzene rings is 3. The first-order valence-corrected chi connectivity index (χ1v) is 11.2. The van der Waals surface area contributed by atoms with E-state index in [9.17, 15) is 14.0 Å². The molecular formula is C24H21BFNO5S. The molecule has 2 N–H and O–H groups in total. The standard InChI is InChI=1S/C24H21BFNO5S/c26-20-9-3-17(4-10-20)14-27-23(28)22(33-24(27)29)13-16-5-11-21(12-6-16)32-15-18-1-7-19(8-2-18)25(30)31/h1-12,22,30-31H,13-15H2. The Kier molecular flexibility index (Phi) is 7.12. The number of thioether (sulfide) groups is 1. The van der Waals surface area contributed by atoms with Gasteiger partial charge in [-0.1, -0.05) is 60.3 Å². The smallest absolute Gasteiger partial charge is 0.488 e. The number of carbonyl (C=O) groups is 2. The lowest BCUT2D eigenvalue weighted by molar-refractivity contribution is -0.127. The lowest BCUT2D eigenvalue weighted by Crippen LogP contribution is -2.31. The Morgan fingerprint density at radius 3 is 2.12 bits per heavy atom. The van der Waals surface area contributed by atoms with Gasteiger partial charge in [0, 0.05) is 0 Å². The van der Waals surface area contributed by atoms with E-state index >= 15 is 0 Å². The monoisotopic (exact) mass is 465 g/mol. The Labute approximate surface area is 195 Å². The maximum atomic E-state index is 13.1. The lowest BCUT2D eigenvalue weighted by Gasteiger charge is -2.14. The molecule has 0 spiro atoms. The van der Waals surface area contributed by atoms with Crippen molar-refractivity contribution in [2.24, 2.45) is 0 Å². The molecular weight excluding hydrogens is 444 g/mol. The van der Waals surface area contributed by atoms with Crippen LogP contribution in [0.4, 0.5) is 9.18 Å². The minimum absolute atomic E-state index is 0.131. The van der Waals surface area contributed by atoms with Crippen molar-refractivity contribution in [3.05, 3.63) is 95.3 Å². The van der Waals surface area contributed by atoms with Crippen molar-refractivity contribution in [1.82, 2.24) is 4.90 Å². The van der Waals surface area contributed by atoms with Crippen LogP contribution in [0.3, 0.4) is 0 Å². The summed E-state index contributed by atoms with van der Waals surface area (Å²) >= 11 is 1.01. The molecule has 0 saturated carbocycles. The van der Waals surface area contributed by atoms with Gasteiger partial charge in [0.05, 0.1) is 11.8 Å². The van der Waals surface area contributed by atoms with Crippen LogP contribution in [-0.2, 0) is 24.4 Å². The van der Waals surface area contributed by atoms with Gasteiger partial charge in [-0.3, -0.25) is 14.5 Å². The summed E-state index contributed by atoms with van der Waals surface area (Å²) in [6, 6.07) is 19.9. The predicted octanol–water partition coefficient (Wildman–Crippen LogP) is 2.89. The quantitative estimate of drug-likeness (QED) is 0.498. The second-order valence-corrected chi connectivity index (χ2v) is 8.83. The first-order chi connectivity index (χ1) is 15.9. The van der Waals surface area contributed by atoms with E-state index in [1.165, 1.54) is 17.0 Å². The predicted molar refractivity (Wildman–Crippen MR) is 124 cm³/mol. The summed E-state index contributed by atoms with van der Waals surface area (Å²) < 4.78 is 18.8. The van der Waals surface area contributed by atoms with Crippen LogP contribution in [-0.4, -0.2) is 38.5 Å². The number of hydrogen-bond donors (Lipinski definition) is 2. The summed E-state index contributed by atoms with van der Waals surface area (Å²) in [6.45, 7) is 0.456. The van der Waals surface area contributed by atoms with E-state index in [-0.39, 0.29) is 23.5 Å². The number of halogens is 1. The van der Waals surface area contributed by atoms with Gasteiger partial charge in [-0.05, 0) is 52.8 Å². The molecule has 4 rings (SSSR count). The van der Waals surface area contributed by atoms with Gasteiger partial charge >= 0.3 is 7.12 Å². The summed E-state index contributed by atoms with van der Waals surface area (Å²) in [5, 5.41) is 17.5. The SMILES string of the molecule is O=C1SC(Cc2ccc(OCc3ccc(B(O)O)cc3)cc2)C(=O)N1Cc1ccc(F)cc1. The molecule has 1 fully saturated rings. The zero-order valence-corrected chi connectivity index (χ0v) is 18.4. The molecule has 3 aromatic rings. The minimum Gasteiger partial charge on any atom is -0.489 e. The van der Waals surface area contributed by atoms with E-state index in [0.717, 1.165) is 22.9 Å². The Hall–Kier alpha value is -3.14. The lowest BCUT2D eigenvalue weighted by atomic mass is 9.80. The van der Waals surface area contributed by atoms with Crippen LogP contribution in [0, 0.1) is 5.82 Å². The Balaban J connectivity index is 1.31. The van der Waals surface area contributed by atoms with Gasteiger partial charge in [0.15, 0.2) is 0 Å². The fourth-order valence-corrected chi connectivity index (χ4v) is 4.46. The van der Waals surface area contributed by atoms with Gasteiger partial charge in [0.25, 0.3) is 5.24 Å². The number of imide groups is 1.